The van der Waals surface area contributed by atoms with Gasteiger partial charge in [-0.1, -0.05) is 90.0 Å². The summed E-state index contributed by atoms with van der Waals surface area (Å²) in [5, 5.41) is 31.5. The van der Waals surface area contributed by atoms with Gasteiger partial charge in [0, 0.05) is 0 Å². The van der Waals surface area contributed by atoms with Gasteiger partial charge in [0.25, 0.3) is 0 Å². The maximum absolute atomic E-state index is 10.5. The van der Waals surface area contributed by atoms with Gasteiger partial charge in [-0.15, -0.1) is 0 Å². The predicted octanol–water partition coefficient (Wildman–Crippen LogP) is 0.361. The normalized spacial score (nSPS) is 8.57. The fourth-order valence-corrected chi connectivity index (χ4v) is 1.54. The molecule has 0 saturated heterocycles. The molecule has 0 N–H and O–H groups in total. The van der Waals surface area contributed by atoms with Gasteiger partial charge in [0.15, 0.2) is 16.3 Å². The molecule has 1 radical (unpaired) electrons. The summed E-state index contributed by atoms with van der Waals surface area (Å²) in [4.78, 5) is 31.5. The van der Waals surface area contributed by atoms with Crippen LogP contribution in [-0.2, 0) is 0 Å². The first kappa shape index (κ1) is 25.4. The molecular formula is C21H15O6Sm. The van der Waals surface area contributed by atoms with E-state index in [-0.39, 0.29) is 40.4 Å². The van der Waals surface area contributed by atoms with Crippen molar-refractivity contribution in [2.24, 2.45) is 0 Å². The fourth-order valence-electron chi connectivity index (χ4n) is 1.54. The Labute approximate surface area is 193 Å². The Balaban J connectivity index is 0.000000384. The van der Waals surface area contributed by atoms with E-state index in [9.17, 15) is 29.7 Å². The zero-order valence-corrected chi connectivity index (χ0v) is 17.1. The van der Waals surface area contributed by atoms with Gasteiger partial charge in [-0.25, -0.2) is 0 Å². The van der Waals surface area contributed by atoms with Gasteiger partial charge in [0.05, 0.1) is 0 Å². The molecule has 0 unspecified atom stereocenters. The Hall–Kier alpha value is -2.59. The quantitative estimate of drug-likeness (QED) is 0.428. The summed E-state index contributed by atoms with van der Waals surface area (Å²) < 4.78 is 0. The molecule has 0 spiro atoms. The first-order chi connectivity index (χ1) is 12.9. The molecule has 0 aromatic heterocycles. The van der Waals surface area contributed by atoms with Crippen LogP contribution in [-0.4, -0.2) is 0 Å². The van der Waals surface area contributed by atoms with Crippen molar-refractivity contribution >= 4 is 0 Å². The molecule has 3 aromatic rings. The third kappa shape index (κ3) is 10.5. The van der Waals surface area contributed by atoms with Gasteiger partial charge < -0.3 is 15.3 Å². The zero-order valence-electron chi connectivity index (χ0n) is 14.5. The second-order valence-corrected chi connectivity index (χ2v) is 4.92. The molecule has 6 nitrogen and oxygen atoms in total. The van der Waals surface area contributed by atoms with E-state index in [4.69, 9.17) is 0 Å². The van der Waals surface area contributed by atoms with Crippen LogP contribution < -0.4 is 31.6 Å². The Morgan fingerprint density at radius 2 is 0.607 bits per heavy atom. The van der Waals surface area contributed by atoms with Crippen LogP contribution in [0.15, 0.2) is 105 Å². The van der Waals surface area contributed by atoms with Gasteiger partial charge in [-0.3, -0.25) is 14.4 Å². The van der Waals surface area contributed by atoms with Crippen LogP contribution in [0.2, 0.25) is 0 Å². The summed E-state index contributed by atoms with van der Waals surface area (Å²) in [5.41, 5.74) is -1.37. The van der Waals surface area contributed by atoms with Crippen molar-refractivity contribution in [2.45, 2.75) is 0 Å². The molecule has 3 aromatic carbocycles. The van der Waals surface area contributed by atoms with Crippen LogP contribution in [0, 0.1) is 40.4 Å². The molecule has 0 fully saturated rings. The molecule has 0 saturated carbocycles. The minimum Gasteiger partial charge on any atom is -0.870 e. The van der Waals surface area contributed by atoms with Crippen molar-refractivity contribution in [1.29, 1.82) is 0 Å². The molecule has 0 atom stereocenters. The Kier molecular flexibility index (Phi) is 13.1. The summed E-state index contributed by atoms with van der Waals surface area (Å²) in [6, 6.07) is 21.7. The van der Waals surface area contributed by atoms with E-state index in [0.717, 1.165) is 0 Å². The van der Waals surface area contributed by atoms with Crippen molar-refractivity contribution in [3.05, 3.63) is 122 Å². The third-order valence-electron chi connectivity index (χ3n) is 2.88. The molecule has 0 aliphatic carbocycles. The number of hydrogen-bond acceptors (Lipinski definition) is 6. The molecule has 0 aliphatic heterocycles. The summed E-state index contributed by atoms with van der Waals surface area (Å²) >= 11 is 0. The monoisotopic (exact) mass is 515 g/mol. The molecular weight excluding hydrogens is 499 g/mol. The van der Waals surface area contributed by atoms with E-state index in [2.05, 4.69) is 0 Å². The maximum Gasteiger partial charge on any atom is 3.00 e. The van der Waals surface area contributed by atoms with Crippen LogP contribution in [0.3, 0.4) is 0 Å². The van der Waals surface area contributed by atoms with Crippen LogP contribution in [0.1, 0.15) is 0 Å². The second-order valence-electron chi connectivity index (χ2n) is 4.92. The van der Waals surface area contributed by atoms with Crippen LogP contribution in [0.25, 0.3) is 0 Å². The molecule has 141 valence electrons. The van der Waals surface area contributed by atoms with E-state index in [1.165, 1.54) is 36.4 Å². The molecule has 28 heavy (non-hydrogen) atoms. The summed E-state index contributed by atoms with van der Waals surface area (Å²) in [7, 11) is 0. The first-order valence-corrected chi connectivity index (χ1v) is 7.71. The Bertz CT molecular complexity index is 906. The average Bonchev–Trinajstić information content (AvgIpc) is 3.04. The summed E-state index contributed by atoms with van der Waals surface area (Å²) in [5.74, 6) is -1.37. The standard InChI is InChI=1S/3C7H6O2.Sm/c3*8-6-4-2-1-3-5-7(6)9;/h3*1-5H,(H,8,9);/q;;;+3/p-3. The summed E-state index contributed by atoms with van der Waals surface area (Å²) in [6.45, 7) is 0. The second kappa shape index (κ2) is 14.5. The van der Waals surface area contributed by atoms with Crippen molar-refractivity contribution < 1.29 is 55.7 Å². The molecule has 3 rings (SSSR count). The van der Waals surface area contributed by atoms with Crippen molar-refractivity contribution in [3.63, 3.8) is 0 Å². The van der Waals surface area contributed by atoms with E-state index in [1.807, 2.05) is 0 Å². The average molecular weight is 514 g/mol. The predicted molar refractivity (Wildman–Crippen MR) is 96.5 cm³/mol. The molecule has 0 heterocycles. The minimum absolute atomic E-state index is 0. The van der Waals surface area contributed by atoms with Crippen LogP contribution >= 0.6 is 0 Å². The Morgan fingerprint density at radius 1 is 0.393 bits per heavy atom. The van der Waals surface area contributed by atoms with Crippen molar-refractivity contribution in [2.75, 3.05) is 0 Å². The van der Waals surface area contributed by atoms with Gasteiger partial charge in [-0.05, 0) is 18.2 Å². The van der Waals surface area contributed by atoms with Crippen LogP contribution in [0.5, 0.6) is 17.2 Å². The molecule has 0 amide bonds. The SMILES string of the molecule is O=c1cccccc1[O-].O=c1cccccc1[O-].O=c1cccccc1[O-].[Sm+3]. The van der Waals surface area contributed by atoms with Crippen molar-refractivity contribution in [3.8, 4) is 17.2 Å². The first-order valence-electron chi connectivity index (χ1n) is 7.71. The fraction of sp³-hybridized carbons (Fsp3) is 0. The largest absolute Gasteiger partial charge is 3.00 e. The number of hydrogen-bond donors (Lipinski definition) is 0. The zero-order chi connectivity index (χ0) is 20.1. The molecule has 7 heteroatoms. The van der Waals surface area contributed by atoms with Crippen LogP contribution in [0.4, 0.5) is 0 Å². The van der Waals surface area contributed by atoms with Gasteiger partial charge >= 0.3 is 40.4 Å². The maximum atomic E-state index is 10.5. The summed E-state index contributed by atoms with van der Waals surface area (Å²) in [6.07, 6.45) is 0. The smallest absolute Gasteiger partial charge is 0.870 e. The van der Waals surface area contributed by atoms with Gasteiger partial charge in [0.2, 0.25) is 0 Å². The van der Waals surface area contributed by atoms with Gasteiger partial charge in [-0.2, -0.15) is 0 Å². The van der Waals surface area contributed by atoms with E-state index in [1.54, 1.807) is 54.6 Å². The third-order valence-corrected chi connectivity index (χ3v) is 2.88. The number of rotatable bonds is 0. The van der Waals surface area contributed by atoms with Gasteiger partial charge in [0.1, 0.15) is 0 Å². The van der Waals surface area contributed by atoms with E-state index >= 15 is 0 Å². The minimum atomic E-state index is -0.458. The molecule has 0 bridgehead atoms. The molecule has 0 aliphatic rings. The van der Waals surface area contributed by atoms with E-state index < -0.39 is 33.5 Å². The van der Waals surface area contributed by atoms with Crippen molar-refractivity contribution in [1.82, 2.24) is 0 Å². The topological polar surface area (TPSA) is 120 Å². The Morgan fingerprint density at radius 3 is 0.857 bits per heavy atom. The van der Waals surface area contributed by atoms with E-state index in [0.29, 0.717) is 0 Å².